The highest BCUT2D eigenvalue weighted by molar-refractivity contribution is 5.94. The number of nitrogens with one attached hydrogen (secondary N) is 2. The number of amides is 1. The van der Waals surface area contributed by atoms with E-state index in [-0.39, 0.29) is 24.3 Å². The molecular formula is C14H20N2O3. The van der Waals surface area contributed by atoms with Gasteiger partial charge in [-0.15, -0.1) is 0 Å². The molecule has 0 fully saturated rings. The fourth-order valence-electron chi connectivity index (χ4n) is 1.62. The molecule has 0 aliphatic heterocycles. The highest BCUT2D eigenvalue weighted by Crippen LogP contribution is 2.09. The summed E-state index contributed by atoms with van der Waals surface area (Å²) in [4.78, 5) is 22.7. The predicted molar refractivity (Wildman–Crippen MR) is 74.4 cm³/mol. The minimum Gasteiger partial charge on any atom is -0.383 e. The molecule has 5 nitrogen and oxygen atoms in total. The summed E-state index contributed by atoms with van der Waals surface area (Å²) in [6.45, 7) is 4.07. The van der Waals surface area contributed by atoms with Gasteiger partial charge in [0.2, 0.25) is 5.91 Å². The van der Waals surface area contributed by atoms with E-state index in [0.29, 0.717) is 12.2 Å². The number of benzene rings is 1. The van der Waals surface area contributed by atoms with Crippen LogP contribution in [0, 0.1) is 0 Å². The topological polar surface area (TPSA) is 67.4 Å². The maximum absolute atomic E-state index is 11.6. The number of hydrogen-bond donors (Lipinski definition) is 2. The molecule has 1 unspecified atom stereocenters. The van der Waals surface area contributed by atoms with Crippen molar-refractivity contribution in [2.75, 3.05) is 25.6 Å². The van der Waals surface area contributed by atoms with Gasteiger partial charge >= 0.3 is 0 Å². The van der Waals surface area contributed by atoms with Gasteiger partial charge < -0.3 is 15.4 Å². The van der Waals surface area contributed by atoms with Crippen molar-refractivity contribution >= 4 is 17.4 Å². The molecule has 0 aromatic heterocycles. The third-order valence-corrected chi connectivity index (χ3v) is 2.57. The van der Waals surface area contributed by atoms with Crippen LogP contribution in [0.2, 0.25) is 0 Å². The van der Waals surface area contributed by atoms with E-state index >= 15 is 0 Å². The zero-order valence-electron chi connectivity index (χ0n) is 11.5. The van der Waals surface area contributed by atoms with Gasteiger partial charge in [0.05, 0.1) is 13.2 Å². The maximum atomic E-state index is 11.6. The van der Waals surface area contributed by atoms with Gasteiger partial charge in [-0.3, -0.25) is 9.59 Å². The summed E-state index contributed by atoms with van der Waals surface area (Å²) in [7, 11) is 1.59. The number of ether oxygens (including phenoxy) is 1. The average molecular weight is 264 g/mol. The number of anilines is 1. The first kappa shape index (κ1) is 15.2. The molecule has 1 amide bonds. The van der Waals surface area contributed by atoms with Crippen LogP contribution in [-0.4, -0.2) is 38.0 Å². The Morgan fingerprint density at radius 1 is 1.26 bits per heavy atom. The van der Waals surface area contributed by atoms with Crippen molar-refractivity contribution < 1.29 is 14.3 Å². The highest BCUT2D eigenvalue weighted by atomic mass is 16.5. The first-order chi connectivity index (χ1) is 9.02. The number of carbonyl (C=O) groups excluding carboxylic acids is 2. The van der Waals surface area contributed by atoms with Crippen molar-refractivity contribution in [3.63, 3.8) is 0 Å². The third kappa shape index (κ3) is 5.52. The van der Waals surface area contributed by atoms with E-state index in [1.165, 1.54) is 6.92 Å². The van der Waals surface area contributed by atoms with Crippen molar-refractivity contribution in [1.82, 2.24) is 5.32 Å². The first-order valence-corrected chi connectivity index (χ1v) is 6.16. The standard InChI is InChI=1S/C14H20N2O3/c1-10(9-19-3)16-14(18)8-15-13-6-4-12(5-7-13)11(2)17/h4-7,10,15H,8-9H2,1-3H3,(H,16,18). The van der Waals surface area contributed by atoms with E-state index in [2.05, 4.69) is 10.6 Å². The van der Waals surface area contributed by atoms with Crippen LogP contribution >= 0.6 is 0 Å². The number of carbonyl (C=O) groups is 2. The lowest BCUT2D eigenvalue weighted by atomic mass is 10.1. The highest BCUT2D eigenvalue weighted by Gasteiger charge is 2.06. The summed E-state index contributed by atoms with van der Waals surface area (Å²) in [5.74, 6) is -0.0714. The van der Waals surface area contributed by atoms with Gasteiger partial charge in [0, 0.05) is 24.4 Å². The van der Waals surface area contributed by atoms with Crippen LogP contribution in [0.25, 0.3) is 0 Å². The molecule has 0 aliphatic carbocycles. The molecule has 5 heteroatoms. The Bertz CT molecular complexity index is 429. The number of hydrogen-bond acceptors (Lipinski definition) is 4. The Labute approximate surface area is 113 Å². The van der Waals surface area contributed by atoms with E-state index in [9.17, 15) is 9.59 Å². The van der Waals surface area contributed by atoms with Crippen LogP contribution in [0.1, 0.15) is 24.2 Å². The fraction of sp³-hybridized carbons (Fsp3) is 0.429. The Morgan fingerprint density at radius 2 is 1.89 bits per heavy atom. The van der Waals surface area contributed by atoms with E-state index < -0.39 is 0 Å². The largest absolute Gasteiger partial charge is 0.383 e. The number of rotatable bonds is 7. The van der Waals surface area contributed by atoms with Crippen molar-refractivity contribution in [3.8, 4) is 0 Å². The summed E-state index contributed by atoms with van der Waals surface area (Å²) < 4.78 is 4.94. The molecule has 0 aliphatic rings. The summed E-state index contributed by atoms with van der Waals surface area (Å²) in [6, 6.07) is 7.01. The fourth-order valence-corrected chi connectivity index (χ4v) is 1.62. The van der Waals surface area contributed by atoms with Crippen molar-refractivity contribution in [3.05, 3.63) is 29.8 Å². The predicted octanol–water partition coefficient (Wildman–Crippen LogP) is 1.45. The molecule has 0 bridgehead atoms. The molecule has 0 heterocycles. The van der Waals surface area contributed by atoms with Crippen molar-refractivity contribution in [2.24, 2.45) is 0 Å². The first-order valence-electron chi connectivity index (χ1n) is 6.16. The van der Waals surface area contributed by atoms with Crippen LogP contribution in [0.4, 0.5) is 5.69 Å². The second-order valence-electron chi connectivity index (χ2n) is 4.41. The number of methoxy groups -OCH3 is 1. The zero-order chi connectivity index (χ0) is 14.3. The van der Waals surface area contributed by atoms with E-state index in [1.807, 2.05) is 6.92 Å². The Kier molecular flexibility index (Phi) is 6.02. The van der Waals surface area contributed by atoms with Crippen LogP contribution in [0.5, 0.6) is 0 Å². The van der Waals surface area contributed by atoms with Crippen LogP contribution in [0.3, 0.4) is 0 Å². The van der Waals surface area contributed by atoms with Gasteiger partial charge in [-0.05, 0) is 38.1 Å². The van der Waals surface area contributed by atoms with E-state index in [4.69, 9.17) is 4.74 Å². The summed E-state index contributed by atoms with van der Waals surface area (Å²) >= 11 is 0. The molecule has 2 N–H and O–H groups in total. The molecule has 1 rings (SSSR count). The normalized spacial score (nSPS) is 11.7. The lowest BCUT2D eigenvalue weighted by Crippen LogP contribution is -2.39. The quantitative estimate of drug-likeness (QED) is 0.731. The number of Topliss-reactive ketones (excluding diaryl/α,β-unsaturated/α-hetero) is 1. The van der Waals surface area contributed by atoms with Crippen LogP contribution < -0.4 is 10.6 Å². The van der Waals surface area contributed by atoms with Gasteiger partial charge in [-0.1, -0.05) is 0 Å². The third-order valence-electron chi connectivity index (χ3n) is 2.57. The molecule has 0 saturated carbocycles. The summed E-state index contributed by atoms with van der Waals surface area (Å²) in [5, 5.41) is 5.79. The van der Waals surface area contributed by atoms with Crippen LogP contribution in [-0.2, 0) is 9.53 Å². The molecule has 0 saturated heterocycles. The van der Waals surface area contributed by atoms with Gasteiger partial charge in [-0.25, -0.2) is 0 Å². The van der Waals surface area contributed by atoms with Gasteiger partial charge in [-0.2, -0.15) is 0 Å². The van der Waals surface area contributed by atoms with Crippen LogP contribution in [0.15, 0.2) is 24.3 Å². The van der Waals surface area contributed by atoms with Crippen molar-refractivity contribution in [2.45, 2.75) is 19.9 Å². The summed E-state index contributed by atoms with van der Waals surface area (Å²) in [5.41, 5.74) is 1.46. The molecular weight excluding hydrogens is 244 g/mol. The summed E-state index contributed by atoms with van der Waals surface area (Å²) in [6.07, 6.45) is 0. The second kappa shape index (κ2) is 7.53. The minimum atomic E-state index is -0.0970. The van der Waals surface area contributed by atoms with Gasteiger partial charge in [0.1, 0.15) is 0 Å². The average Bonchev–Trinajstić information content (AvgIpc) is 2.37. The molecule has 1 atom stereocenters. The monoisotopic (exact) mass is 264 g/mol. The molecule has 19 heavy (non-hydrogen) atoms. The SMILES string of the molecule is COCC(C)NC(=O)CNc1ccc(C(C)=O)cc1. The molecule has 0 radical (unpaired) electrons. The lowest BCUT2D eigenvalue weighted by Gasteiger charge is -2.13. The zero-order valence-corrected chi connectivity index (χ0v) is 11.5. The number of ketones is 1. The molecule has 1 aromatic rings. The molecule has 0 spiro atoms. The van der Waals surface area contributed by atoms with E-state index in [1.54, 1.807) is 31.4 Å². The van der Waals surface area contributed by atoms with Crippen molar-refractivity contribution in [1.29, 1.82) is 0 Å². The Balaban J connectivity index is 2.39. The van der Waals surface area contributed by atoms with Gasteiger partial charge in [0.15, 0.2) is 5.78 Å². The second-order valence-corrected chi connectivity index (χ2v) is 4.41. The Morgan fingerprint density at radius 3 is 2.42 bits per heavy atom. The maximum Gasteiger partial charge on any atom is 0.239 e. The Hall–Kier alpha value is -1.88. The minimum absolute atomic E-state index is 0.0145. The van der Waals surface area contributed by atoms with E-state index in [0.717, 1.165) is 5.69 Å². The smallest absolute Gasteiger partial charge is 0.239 e. The lowest BCUT2D eigenvalue weighted by molar-refractivity contribution is -0.120. The van der Waals surface area contributed by atoms with Gasteiger partial charge in [0.25, 0.3) is 0 Å². The molecule has 1 aromatic carbocycles. The molecule has 104 valence electrons.